The minimum absolute atomic E-state index is 0.231. The first-order valence-corrected chi connectivity index (χ1v) is 18.5. The molecule has 0 saturated carbocycles. The van der Waals surface area contributed by atoms with Gasteiger partial charge in [-0.05, 0) is 64.2 Å². The topological polar surface area (TPSA) is 108 Å². The number of hydrogen-bond acceptors (Lipinski definition) is 7. The zero-order valence-corrected chi connectivity index (χ0v) is 28.5. The van der Waals surface area contributed by atoms with Crippen molar-refractivity contribution in [2.45, 2.75) is 161 Å². The van der Waals surface area contributed by atoms with E-state index in [2.05, 4.69) is 42.7 Å². The summed E-state index contributed by atoms with van der Waals surface area (Å²) in [7, 11) is -3.20. The smallest absolute Gasteiger partial charge is 0.462 e. The van der Waals surface area contributed by atoms with Crippen molar-refractivity contribution in [1.82, 2.24) is 0 Å². The highest BCUT2D eigenvalue weighted by Crippen LogP contribution is 2.42. The molecular weight excluding hydrogens is 567 g/mol. The molecule has 0 amide bonds. The van der Waals surface area contributed by atoms with Gasteiger partial charge in [0.05, 0.1) is 6.61 Å². The second kappa shape index (κ2) is 30.6. The molecule has 0 aromatic heterocycles. The molecule has 43 heavy (non-hydrogen) atoms. The van der Waals surface area contributed by atoms with E-state index < -0.39 is 26.5 Å². The van der Waals surface area contributed by atoms with Gasteiger partial charge in [0.2, 0.25) is 0 Å². The van der Waals surface area contributed by atoms with E-state index in [0.717, 1.165) is 77.7 Å². The number of hydrogen-bond donors (Lipinski definition) is 1. The van der Waals surface area contributed by atoms with E-state index in [1.807, 2.05) is 0 Å². The summed E-state index contributed by atoms with van der Waals surface area (Å²) in [6, 6.07) is 0. The molecule has 0 aliphatic rings. The summed E-state index contributed by atoms with van der Waals surface area (Å²) in [4.78, 5) is 34.1. The fourth-order valence-electron chi connectivity index (χ4n) is 4.47. The molecule has 0 heterocycles. The van der Waals surface area contributed by atoms with E-state index in [-0.39, 0.29) is 25.4 Å². The summed E-state index contributed by atoms with van der Waals surface area (Å²) in [6.45, 7) is 3.80. The van der Waals surface area contributed by atoms with Gasteiger partial charge in [-0.3, -0.25) is 18.6 Å². The summed E-state index contributed by atoms with van der Waals surface area (Å²) < 4.78 is 31.7. The van der Waals surface area contributed by atoms with Gasteiger partial charge in [0, 0.05) is 20.0 Å². The van der Waals surface area contributed by atoms with Gasteiger partial charge in [0.1, 0.15) is 6.61 Å². The molecule has 0 saturated heterocycles. The lowest BCUT2D eigenvalue weighted by Gasteiger charge is -2.19. The molecule has 0 aliphatic carbocycles. The Kier molecular flexibility index (Phi) is 29.5. The van der Waals surface area contributed by atoms with Gasteiger partial charge in [0.25, 0.3) is 0 Å². The van der Waals surface area contributed by atoms with Crippen LogP contribution in [0.1, 0.15) is 155 Å². The van der Waals surface area contributed by atoms with Crippen LogP contribution in [0.2, 0.25) is 0 Å². The Hall–Kier alpha value is -1.47. The van der Waals surface area contributed by atoms with E-state index in [0.29, 0.717) is 6.42 Å². The van der Waals surface area contributed by atoms with Crippen LogP contribution in [0.15, 0.2) is 24.3 Å². The molecule has 252 valence electrons. The highest BCUT2D eigenvalue weighted by molar-refractivity contribution is 7.47. The minimum Gasteiger partial charge on any atom is -0.462 e. The third kappa shape index (κ3) is 30.3. The van der Waals surface area contributed by atoms with E-state index in [1.54, 1.807) is 0 Å². The van der Waals surface area contributed by atoms with Crippen molar-refractivity contribution >= 4 is 19.8 Å². The second-order valence-corrected chi connectivity index (χ2v) is 12.8. The zero-order chi connectivity index (χ0) is 31.9. The number of phosphoric ester groups is 1. The molecule has 2 unspecified atom stereocenters. The molecular formula is C34H63O8P. The molecule has 0 aliphatic heterocycles. The standard InChI is InChI=1S/C34H63O8P/c1-4-6-8-10-12-14-16-18-20-22-24-26-28-33(35)40-30-32(31-41-43(37,38)39-3)42-34(36)29-27-25-23-21-19-17-15-13-11-9-7-5-2/h12-15,32H,4-11,16-31H2,1-3H3,(H,37,38)/b14-12-,15-13-. The third-order valence-corrected chi connectivity index (χ3v) is 8.10. The van der Waals surface area contributed by atoms with Gasteiger partial charge >= 0.3 is 19.8 Å². The van der Waals surface area contributed by atoms with E-state index >= 15 is 0 Å². The SMILES string of the molecule is CCCCC/C=C\CCCCCCCC(=O)OCC(COP(=O)(O)OC)OC(=O)CCCCCCC/C=C\CCCCC. The van der Waals surface area contributed by atoms with Crippen molar-refractivity contribution in [3.8, 4) is 0 Å². The molecule has 0 bridgehead atoms. The van der Waals surface area contributed by atoms with Gasteiger partial charge in [-0.15, -0.1) is 0 Å². The molecule has 2 atom stereocenters. The molecule has 0 fully saturated rings. The van der Waals surface area contributed by atoms with Crippen LogP contribution in [0.4, 0.5) is 0 Å². The lowest BCUT2D eigenvalue weighted by molar-refractivity contribution is -0.161. The normalized spacial score (nSPS) is 13.9. The number of carbonyl (C=O) groups excluding carboxylic acids is 2. The van der Waals surface area contributed by atoms with Crippen LogP contribution in [-0.2, 0) is 32.7 Å². The average Bonchev–Trinajstić information content (AvgIpc) is 2.99. The van der Waals surface area contributed by atoms with E-state index in [1.165, 1.54) is 51.4 Å². The van der Waals surface area contributed by atoms with E-state index in [4.69, 9.17) is 14.0 Å². The number of rotatable bonds is 31. The number of ether oxygens (including phenoxy) is 2. The zero-order valence-electron chi connectivity index (χ0n) is 27.6. The van der Waals surface area contributed by atoms with Crippen LogP contribution in [0.5, 0.6) is 0 Å². The predicted molar refractivity (Wildman–Crippen MR) is 175 cm³/mol. The van der Waals surface area contributed by atoms with Crippen LogP contribution in [-0.4, -0.2) is 43.3 Å². The van der Waals surface area contributed by atoms with E-state index in [9.17, 15) is 19.0 Å². The van der Waals surface area contributed by atoms with Crippen LogP contribution >= 0.6 is 7.82 Å². The Morgan fingerprint density at radius 2 is 1.05 bits per heavy atom. The van der Waals surface area contributed by atoms with Crippen LogP contribution in [0, 0.1) is 0 Å². The molecule has 0 aromatic carbocycles. The fraction of sp³-hybridized carbons (Fsp3) is 0.824. The van der Waals surface area contributed by atoms with Gasteiger partial charge in [-0.1, -0.05) is 102 Å². The Morgan fingerprint density at radius 1 is 0.628 bits per heavy atom. The van der Waals surface area contributed by atoms with Crippen molar-refractivity contribution < 1.29 is 37.6 Å². The summed E-state index contributed by atoms with van der Waals surface area (Å²) in [5.41, 5.74) is 0. The maximum absolute atomic E-state index is 12.4. The monoisotopic (exact) mass is 630 g/mol. The molecule has 0 spiro atoms. The number of phosphoric acid groups is 1. The molecule has 0 radical (unpaired) electrons. The van der Waals surface area contributed by atoms with Gasteiger partial charge in [-0.2, -0.15) is 0 Å². The van der Waals surface area contributed by atoms with Crippen molar-refractivity contribution in [2.24, 2.45) is 0 Å². The molecule has 8 nitrogen and oxygen atoms in total. The highest BCUT2D eigenvalue weighted by atomic mass is 31.2. The van der Waals surface area contributed by atoms with Gasteiger partial charge < -0.3 is 14.4 Å². The van der Waals surface area contributed by atoms with Crippen LogP contribution < -0.4 is 0 Å². The number of allylic oxidation sites excluding steroid dienone is 4. The predicted octanol–water partition coefficient (Wildman–Crippen LogP) is 9.94. The largest absolute Gasteiger partial charge is 0.472 e. The third-order valence-electron chi connectivity index (χ3n) is 7.17. The Labute approximate surface area is 263 Å². The first-order chi connectivity index (χ1) is 20.8. The van der Waals surface area contributed by atoms with Crippen molar-refractivity contribution in [3.05, 3.63) is 24.3 Å². The molecule has 0 rings (SSSR count). The molecule has 0 aromatic rings. The van der Waals surface area contributed by atoms with Crippen molar-refractivity contribution in [1.29, 1.82) is 0 Å². The Balaban J connectivity index is 4.14. The summed E-state index contributed by atoms with van der Waals surface area (Å²) in [5, 5.41) is 0. The van der Waals surface area contributed by atoms with Crippen molar-refractivity contribution in [3.63, 3.8) is 0 Å². The van der Waals surface area contributed by atoms with Crippen molar-refractivity contribution in [2.75, 3.05) is 20.3 Å². The fourth-order valence-corrected chi connectivity index (χ4v) is 4.93. The van der Waals surface area contributed by atoms with Gasteiger partial charge in [-0.25, -0.2) is 4.57 Å². The Bertz CT molecular complexity index is 767. The molecule has 1 N–H and O–H groups in total. The maximum atomic E-state index is 12.4. The van der Waals surface area contributed by atoms with Crippen LogP contribution in [0.3, 0.4) is 0 Å². The molecule has 9 heteroatoms. The first-order valence-electron chi connectivity index (χ1n) is 17.0. The highest BCUT2D eigenvalue weighted by Gasteiger charge is 2.24. The summed E-state index contributed by atoms with van der Waals surface area (Å²) in [5.74, 6) is -0.827. The lowest BCUT2D eigenvalue weighted by atomic mass is 10.1. The number of carbonyl (C=O) groups is 2. The first kappa shape index (κ1) is 41.5. The maximum Gasteiger partial charge on any atom is 0.472 e. The minimum atomic E-state index is -4.25. The Morgan fingerprint density at radius 3 is 1.51 bits per heavy atom. The number of esters is 2. The second-order valence-electron chi connectivity index (χ2n) is 11.3. The summed E-state index contributed by atoms with van der Waals surface area (Å²) >= 11 is 0. The van der Waals surface area contributed by atoms with Gasteiger partial charge in [0.15, 0.2) is 6.10 Å². The van der Waals surface area contributed by atoms with Crippen LogP contribution in [0.25, 0.3) is 0 Å². The average molecular weight is 631 g/mol. The number of unbranched alkanes of at least 4 members (excludes halogenated alkanes) is 16. The quantitative estimate of drug-likeness (QED) is 0.0349. The lowest BCUT2D eigenvalue weighted by Crippen LogP contribution is -2.29. The summed E-state index contributed by atoms with van der Waals surface area (Å²) in [6.07, 6.45) is 30.8.